The van der Waals surface area contributed by atoms with Gasteiger partial charge in [-0.05, 0) is 31.8 Å². The van der Waals surface area contributed by atoms with Crippen LogP contribution < -0.4 is 10.6 Å². The third-order valence-electron chi connectivity index (χ3n) is 2.70. The molecule has 0 aromatic rings. The maximum Gasteiger partial charge on any atom is 0.230 e. The minimum absolute atomic E-state index is 0.0869. The summed E-state index contributed by atoms with van der Waals surface area (Å²) in [5.41, 5.74) is 0. The second-order valence-corrected chi connectivity index (χ2v) is 5.64. The molecule has 1 saturated heterocycles. The predicted molar refractivity (Wildman–Crippen MR) is 67.6 cm³/mol. The second-order valence-electron chi connectivity index (χ2n) is 4.35. The fraction of sp³-hybridized carbons (Fsp3) is 0.909. The van der Waals surface area contributed by atoms with Gasteiger partial charge in [0.1, 0.15) is 0 Å². The maximum atomic E-state index is 11.5. The highest BCUT2D eigenvalue weighted by Crippen LogP contribution is 2.19. The Kier molecular flexibility index (Phi) is 6.84. The number of carbonyl (C=O) groups excluding carboxylic acids is 1. The molecule has 1 unspecified atom stereocenters. The molecule has 4 nitrogen and oxygen atoms in total. The van der Waals surface area contributed by atoms with Gasteiger partial charge in [0.25, 0.3) is 0 Å². The fourth-order valence-corrected chi connectivity index (χ4v) is 2.62. The van der Waals surface area contributed by atoms with Crippen LogP contribution in [-0.4, -0.2) is 48.3 Å². The SMILES string of the molecule is CC(CO)CNC(=O)CSC1CCNCC1. The van der Waals surface area contributed by atoms with E-state index >= 15 is 0 Å². The molecule has 0 aromatic carbocycles. The summed E-state index contributed by atoms with van der Waals surface area (Å²) in [6, 6.07) is 0. The van der Waals surface area contributed by atoms with Crippen molar-refractivity contribution in [2.45, 2.75) is 25.0 Å². The quantitative estimate of drug-likeness (QED) is 0.627. The molecule has 0 bridgehead atoms. The molecule has 1 aliphatic heterocycles. The lowest BCUT2D eigenvalue weighted by Gasteiger charge is -2.21. The van der Waals surface area contributed by atoms with E-state index in [0.29, 0.717) is 17.5 Å². The predicted octanol–water partition coefficient (Wildman–Crippen LogP) is 0.216. The summed E-state index contributed by atoms with van der Waals surface area (Å²) in [5, 5.41) is 15.6. The summed E-state index contributed by atoms with van der Waals surface area (Å²) in [4.78, 5) is 11.5. The van der Waals surface area contributed by atoms with Crippen LogP contribution in [0.4, 0.5) is 0 Å². The fourth-order valence-electron chi connectivity index (χ4n) is 1.56. The minimum Gasteiger partial charge on any atom is -0.396 e. The molecular weight excluding hydrogens is 224 g/mol. The van der Waals surface area contributed by atoms with Crippen molar-refractivity contribution in [1.29, 1.82) is 0 Å². The van der Waals surface area contributed by atoms with Gasteiger partial charge in [0, 0.05) is 18.4 Å². The minimum atomic E-state index is 0.0869. The first-order valence-corrected chi connectivity index (χ1v) is 6.97. The van der Waals surface area contributed by atoms with E-state index in [0.717, 1.165) is 25.9 Å². The van der Waals surface area contributed by atoms with Crippen LogP contribution in [0, 0.1) is 5.92 Å². The van der Waals surface area contributed by atoms with Gasteiger partial charge in [0.2, 0.25) is 5.91 Å². The van der Waals surface area contributed by atoms with Crippen LogP contribution in [0.5, 0.6) is 0 Å². The van der Waals surface area contributed by atoms with E-state index in [-0.39, 0.29) is 18.4 Å². The molecular formula is C11H22N2O2S. The summed E-state index contributed by atoms with van der Waals surface area (Å²) in [5.74, 6) is 0.777. The largest absolute Gasteiger partial charge is 0.396 e. The van der Waals surface area contributed by atoms with Crippen molar-refractivity contribution in [2.24, 2.45) is 5.92 Å². The Labute approximate surface area is 102 Å². The highest BCUT2D eigenvalue weighted by atomic mass is 32.2. The summed E-state index contributed by atoms with van der Waals surface area (Å²) in [6.45, 7) is 4.76. The van der Waals surface area contributed by atoms with E-state index in [1.54, 1.807) is 11.8 Å². The van der Waals surface area contributed by atoms with Gasteiger partial charge in [-0.3, -0.25) is 4.79 Å². The van der Waals surface area contributed by atoms with Gasteiger partial charge in [-0.1, -0.05) is 6.92 Å². The normalized spacial score (nSPS) is 19.4. The smallest absolute Gasteiger partial charge is 0.230 e. The molecule has 1 fully saturated rings. The zero-order valence-corrected chi connectivity index (χ0v) is 10.7. The summed E-state index contributed by atoms with van der Waals surface area (Å²) < 4.78 is 0. The third kappa shape index (κ3) is 5.72. The maximum absolute atomic E-state index is 11.5. The molecule has 1 atom stereocenters. The summed E-state index contributed by atoms with van der Waals surface area (Å²) >= 11 is 1.75. The second kappa shape index (κ2) is 7.92. The van der Waals surface area contributed by atoms with E-state index in [1.807, 2.05) is 6.92 Å². The van der Waals surface area contributed by atoms with Crippen molar-refractivity contribution in [2.75, 3.05) is 32.0 Å². The third-order valence-corrected chi connectivity index (χ3v) is 4.07. The Morgan fingerprint density at radius 2 is 2.25 bits per heavy atom. The topological polar surface area (TPSA) is 61.4 Å². The molecule has 1 rings (SSSR count). The van der Waals surface area contributed by atoms with E-state index in [9.17, 15) is 4.79 Å². The Bertz CT molecular complexity index is 208. The van der Waals surface area contributed by atoms with Crippen molar-refractivity contribution in [3.8, 4) is 0 Å². The molecule has 16 heavy (non-hydrogen) atoms. The molecule has 0 aromatic heterocycles. The van der Waals surface area contributed by atoms with Crippen molar-refractivity contribution >= 4 is 17.7 Å². The van der Waals surface area contributed by atoms with Crippen molar-refractivity contribution in [3.05, 3.63) is 0 Å². The van der Waals surface area contributed by atoms with Crippen LogP contribution in [0.15, 0.2) is 0 Å². The van der Waals surface area contributed by atoms with Crippen LogP contribution in [0.2, 0.25) is 0 Å². The lowest BCUT2D eigenvalue weighted by molar-refractivity contribution is -0.118. The Balaban J connectivity index is 2.05. The van der Waals surface area contributed by atoms with Gasteiger partial charge in [0.15, 0.2) is 0 Å². The number of aliphatic hydroxyl groups excluding tert-OH is 1. The van der Waals surface area contributed by atoms with Gasteiger partial charge in [-0.15, -0.1) is 11.8 Å². The van der Waals surface area contributed by atoms with Crippen LogP contribution in [-0.2, 0) is 4.79 Å². The Morgan fingerprint density at radius 3 is 2.88 bits per heavy atom. The van der Waals surface area contributed by atoms with E-state index < -0.39 is 0 Å². The molecule has 0 radical (unpaired) electrons. The van der Waals surface area contributed by atoms with Crippen molar-refractivity contribution < 1.29 is 9.90 Å². The standard InChI is InChI=1S/C11H22N2O2S/c1-9(7-14)6-13-11(15)8-16-10-2-4-12-5-3-10/h9-10,12,14H,2-8H2,1H3,(H,13,15). The van der Waals surface area contributed by atoms with E-state index in [2.05, 4.69) is 10.6 Å². The van der Waals surface area contributed by atoms with E-state index in [1.165, 1.54) is 0 Å². The van der Waals surface area contributed by atoms with Crippen LogP contribution in [0.1, 0.15) is 19.8 Å². The number of aliphatic hydroxyl groups is 1. The number of rotatable bonds is 6. The number of carbonyl (C=O) groups is 1. The van der Waals surface area contributed by atoms with E-state index in [4.69, 9.17) is 5.11 Å². The number of nitrogens with one attached hydrogen (secondary N) is 2. The lowest BCUT2D eigenvalue weighted by Crippen LogP contribution is -2.33. The lowest BCUT2D eigenvalue weighted by atomic mass is 10.2. The first-order valence-electron chi connectivity index (χ1n) is 5.92. The average molecular weight is 246 g/mol. The van der Waals surface area contributed by atoms with Gasteiger partial charge >= 0.3 is 0 Å². The molecule has 3 N–H and O–H groups in total. The van der Waals surface area contributed by atoms with Gasteiger partial charge in [0.05, 0.1) is 5.75 Å². The zero-order valence-electron chi connectivity index (χ0n) is 9.87. The molecule has 5 heteroatoms. The molecule has 1 aliphatic rings. The Hall–Kier alpha value is -0.260. The first-order chi connectivity index (χ1) is 7.72. The van der Waals surface area contributed by atoms with Gasteiger partial charge < -0.3 is 15.7 Å². The molecule has 0 saturated carbocycles. The van der Waals surface area contributed by atoms with Crippen molar-refractivity contribution in [1.82, 2.24) is 10.6 Å². The summed E-state index contributed by atoms with van der Waals surface area (Å²) in [7, 11) is 0. The number of thioether (sulfide) groups is 1. The number of hydrogen-bond acceptors (Lipinski definition) is 4. The zero-order chi connectivity index (χ0) is 11.8. The van der Waals surface area contributed by atoms with Gasteiger partial charge in [-0.25, -0.2) is 0 Å². The molecule has 0 aliphatic carbocycles. The number of piperidine rings is 1. The highest BCUT2D eigenvalue weighted by molar-refractivity contribution is 8.00. The number of hydrogen-bond donors (Lipinski definition) is 3. The molecule has 1 amide bonds. The van der Waals surface area contributed by atoms with Crippen LogP contribution in [0.3, 0.4) is 0 Å². The Morgan fingerprint density at radius 1 is 1.56 bits per heavy atom. The highest BCUT2D eigenvalue weighted by Gasteiger charge is 2.14. The van der Waals surface area contributed by atoms with Crippen LogP contribution in [0.25, 0.3) is 0 Å². The first kappa shape index (κ1) is 13.8. The molecule has 1 heterocycles. The average Bonchev–Trinajstić information content (AvgIpc) is 2.34. The molecule has 0 spiro atoms. The monoisotopic (exact) mass is 246 g/mol. The number of amides is 1. The van der Waals surface area contributed by atoms with Crippen LogP contribution >= 0.6 is 11.8 Å². The van der Waals surface area contributed by atoms with Gasteiger partial charge in [-0.2, -0.15) is 0 Å². The van der Waals surface area contributed by atoms with Crippen molar-refractivity contribution in [3.63, 3.8) is 0 Å². The molecule has 94 valence electrons. The summed E-state index contributed by atoms with van der Waals surface area (Å²) in [6.07, 6.45) is 2.32.